The maximum Gasteiger partial charge on any atom is 0.337 e. The molecule has 0 bridgehead atoms. The number of alkyl halides is 1. The molecule has 0 aliphatic rings. The lowest BCUT2D eigenvalue weighted by Crippen LogP contribution is -2.25. The fourth-order valence-electron chi connectivity index (χ4n) is 1.50. The minimum Gasteiger partial charge on any atom is -0.457 e. The van der Waals surface area contributed by atoms with Crippen LogP contribution in [-0.2, 0) is 9.53 Å². The van der Waals surface area contributed by atoms with Crippen LogP contribution in [0.25, 0.3) is 0 Å². The highest BCUT2D eigenvalue weighted by molar-refractivity contribution is 5.89. The van der Waals surface area contributed by atoms with Gasteiger partial charge in [0.1, 0.15) is 5.60 Å². The van der Waals surface area contributed by atoms with Gasteiger partial charge in [-0.05, 0) is 26.8 Å². The van der Waals surface area contributed by atoms with E-state index in [1.54, 1.807) is 20.8 Å². The largest absolute Gasteiger partial charge is 0.457 e. The number of para-hydroxylation sites is 1. The lowest BCUT2D eigenvalue weighted by atomic mass is 10.0. The molecule has 1 rings (SSSR count). The Bertz CT molecular complexity index is 548. The SMILES string of the molecule is C=C(C(=O)OC(C)(C)C)C(F)c1ccccc1[N+](=O)[O-]. The van der Waals surface area contributed by atoms with Crippen LogP contribution < -0.4 is 0 Å². The molecule has 108 valence electrons. The van der Waals surface area contributed by atoms with Crippen molar-refractivity contribution in [2.45, 2.75) is 32.5 Å². The van der Waals surface area contributed by atoms with E-state index in [1.807, 2.05) is 0 Å². The van der Waals surface area contributed by atoms with Gasteiger partial charge in [0, 0.05) is 6.07 Å². The summed E-state index contributed by atoms with van der Waals surface area (Å²) in [6.45, 7) is 8.25. The zero-order valence-electron chi connectivity index (χ0n) is 11.6. The van der Waals surface area contributed by atoms with E-state index < -0.39 is 33.9 Å². The summed E-state index contributed by atoms with van der Waals surface area (Å²) in [5, 5.41) is 10.8. The van der Waals surface area contributed by atoms with Gasteiger partial charge in [0.15, 0.2) is 6.17 Å². The Hall–Kier alpha value is -2.24. The van der Waals surface area contributed by atoms with Gasteiger partial charge < -0.3 is 4.74 Å². The van der Waals surface area contributed by atoms with Crippen molar-refractivity contribution in [1.82, 2.24) is 0 Å². The van der Waals surface area contributed by atoms with Crippen molar-refractivity contribution < 1.29 is 18.8 Å². The van der Waals surface area contributed by atoms with Gasteiger partial charge in [-0.2, -0.15) is 0 Å². The maximum absolute atomic E-state index is 14.3. The molecule has 0 saturated heterocycles. The fourth-order valence-corrected chi connectivity index (χ4v) is 1.50. The van der Waals surface area contributed by atoms with Gasteiger partial charge >= 0.3 is 5.97 Å². The average molecular weight is 281 g/mol. The lowest BCUT2D eigenvalue weighted by molar-refractivity contribution is -0.385. The number of rotatable bonds is 4. The van der Waals surface area contributed by atoms with Crippen molar-refractivity contribution in [2.75, 3.05) is 0 Å². The third-order valence-corrected chi connectivity index (χ3v) is 2.37. The predicted octanol–water partition coefficient (Wildman–Crippen LogP) is 3.50. The number of nitro groups is 1. The van der Waals surface area contributed by atoms with Crippen molar-refractivity contribution >= 4 is 11.7 Å². The summed E-state index contributed by atoms with van der Waals surface area (Å²) < 4.78 is 19.3. The van der Waals surface area contributed by atoms with Crippen LogP contribution in [0.5, 0.6) is 0 Å². The van der Waals surface area contributed by atoms with Gasteiger partial charge in [0.05, 0.1) is 16.1 Å². The molecule has 1 unspecified atom stereocenters. The van der Waals surface area contributed by atoms with Gasteiger partial charge in [-0.3, -0.25) is 10.1 Å². The second-order valence-corrected chi connectivity index (χ2v) is 5.21. The number of nitrogens with zero attached hydrogens (tertiary/aromatic N) is 1. The molecule has 0 heterocycles. The van der Waals surface area contributed by atoms with Crippen LogP contribution in [0.15, 0.2) is 36.4 Å². The standard InChI is InChI=1S/C14H16FNO4/c1-9(13(17)20-14(2,3)4)12(15)10-7-5-6-8-11(10)16(18)19/h5-8,12H,1H2,2-4H3. The Balaban J connectivity index is 3.01. The van der Waals surface area contributed by atoms with Gasteiger partial charge in [-0.15, -0.1) is 0 Å². The van der Waals surface area contributed by atoms with Crippen molar-refractivity contribution in [1.29, 1.82) is 0 Å². The third kappa shape index (κ3) is 3.88. The van der Waals surface area contributed by atoms with E-state index in [0.29, 0.717) is 0 Å². The molecule has 1 atom stereocenters. The summed E-state index contributed by atoms with van der Waals surface area (Å²) >= 11 is 0. The summed E-state index contributed by atoms with van der Waals surface area (Å²) in [7, 11) is 0. The molecule has 20 heavy (non-hydrogen) atoms. The number of carbonyl (C=O) groups excluding carboxylic acids is 1. The first kappa shape index (κ1) is 15.8. The fraction of sp³-hybridized carbons (Fsp3) is 0.357. The first-order valence-corrected chi connectivity index (χ1v) is 5.93. The third-order valence-electron chi connectivity index (χ3n) is 2.37. The number of nitro benzene ring substituents is 1. The van der Waals surface area contributed by atoms with Crippen molar-refractivity contribution in [3.63, 3.8) is 0 Å². The highest BCUT2D eigenvalue weighted by Crippen LogP contribution is 2.33. The lowest BCUT2D eigenvalue weighted by Gasteiger charge is -2.21. The number of carbonyl (C=O) groups is 1. The van der Waals surface area contributed by atoms with Crippen LogP contribution in [0.3, 0.4) is 0 Å². The Morgan fingerprint density at radius 1 is 1.40 bits per heavy atom. The first-order chi connectivity index (χ1) is 9.13. The van der Waals surface area contributed by atoms with E-state index in [9.17, 15) is 19.3 Å². The topological polar surface area (TPSA) is 69.4 Å². The van der Waals surface area contributed by atoms with Gasteiger partial charge in [0.25, 0.3) is 5.69 Å². The molecule has 1 aromatic carbocycles. The van der Waals surface area contributed by atoms with Crippen LogP contribution in [0.2, 0.25) is 0 Å². The van der Waals surface area contributed by atoms with E-state index in [1.165, 1.54) is 24.3 Å². The predicted molar refractivity (Wildman–Crippen MR) is 71.9 cm³/mol. The average Bonchev–Trinajstić information content (AvgIpc) is 2.34. The molecule has 1 aromatic rings. The Labute approximate surface area is 116 Å². The first-order valence-electron chi connectivity index (χ1n) is 5.93. The van der Waals surface area contributed by atoms with Crippen molar-refractivity contribution in [3.05, 3.63) is 52.1 Å². The number of hydrogen-bond donors (Lipinski definition) is 0. The summed E-state index contributed by atoms with van der Waals surface area (Å²) in [6.07, 6.45) is -1.98. The number of ether oxygens (including phenoxy) is 1. The summed E-state index contributed by atoms with van der Waals surface area (Å²) in [4.78, 5) is 21.9. The zero-order chi connectivity index (χ0) is 15.5. The summed E-state index contributed by atoms with van der Waals surface area (Å²) in [6, 6.07) is 5.30. The van der Waals surface area contributed by atoms with Gasteiger partial charge in [-0.25, -0.2) is 9.18 Å². The molecule has 0 fully saturated rings. The molecule has 5 nitrogen and oxygen atoms in total. The second-order valence-electron chi connectivity index (χ2n) is 5.21. The van der Waals surface area contributed by atoms with Crippen LogP contribution in [0, 0.1) is 10.1 Å². The van der Waals surface area contributed by atoms with Gasteiger partial charge in [-0.1, -0.05) is 18.7 Å². The van der Waals surface area contributed by atoms with Crippen LogP contribution in [0.4, 0.5) is 10.1 Å². The molecule has 0 amide bonds. The van der Waals surface area contributed by atoms with Crippen LogP contribution in [0.1, 0.15) is 32.5 Å². The van der Waals surface area contributed by atoms with Crippen LogP contribution in [-0.4, -0.2) is 16.5 Å². The smallest absolute Gasteiger partial charge is 0.337 e. The molecule has 0 aromatic heterocycles. The normalized spacial score (nSPS) is 12.6. The zero-order valence-corrected chi connectivity index (χ0v) is 11.6. The molecule has 6 heteroatoms. The Morgan fingerprint density at radius 3 is 2.45 bits per heavy atom. The minimum atomic E-state index is -1.98. The van der Waals surface area contributed by atoms with E-state index >= 15 is 0 Å². The summed E-state index contributed by atoms with van der Waals surface area (Å²) in [5.74, 6) is -0.914. The quantitative estimate of drug-likeness (QED) is 0.366. The number of esters is 1. The van der Waals surface area contributed by atoms with Crippen molar-refractivity contribution in [3.8, 4) is 0 Å². The molecular weight excluding hydrogens is 265 g/mol. The molecule has 0 aliphatic heterocycles. The molecule has 0 saturated carbocycles. The number of benzene rings is 1. The van der Waals surface area contributed by atoms with Crippen molar-refractivity contribution in [2.24, 2.45) is 0 Å². The van der Waals surface area contributed by atoms with Crippen LogP contribution >= 0.6 is 0 Å². The van der Waals surface area contributed by atoms with E-state index in [-0.39, 0.29) is 5.56 Å². The molecule has 0 spiro atoms. The van der Waals surface area contributed by atoms with E-state index in [2.05, 4.69) is 6.58 Å². The molecule has 0 aliphatic carbocycles. The highest BCUT2D eigenvalue weighted by atomic mass is 19.1. The number of halogens is 1. The highest BCUT2D eigenvalue weighted by Gasteiger charge is 2.29. The Kier molecular flexibility index (Phi) is 4.60. The Morgan fingerprint density at radius 2 is 1.95 bits per heavy atom. The molecule has 0 radical (unpaired) electrons. The monoisotopic (exact) mass is 281 g/mol. The van der Waals surface area contributed by atoms with E-state index in [0.717, 1.165) is 0 Å². The summed E-state index contributed by atoms with van der Waals surface area (Å²) in [5.41, 5.74) is -1.87. The second kappa shape index (κ2) is 5.81. The van der Waals surface area contributed by atoms with Gasteiger partial charge in [0.2, 0.25) is 0 Å². The minimum absolute atomic E-state index is 0.214. The van der Waals surface area contributed by atoms with E-state index in [4.69, 9.17) is 4.74 Å². The number of hydrogen-bond acceptors (Lipinski definition) is 4. The maximum atomic E-state index is 14.3. The molecular formula is C14H16FNO4. The molecule has 0 N–H and O–H groups in total.